The number of hydrogen-bond acceptors (Lipinski definition) is 0. The second-order valence-electron chi connectivity index (χ2n) is 12.2. The molecule has 0 fully saturated rings. The molecule has 1 aliphatic carbocycles. The van der Waals surface area contributed by atoms with Crippen LogP contribution in [-0.4, -0.2) is 8.07 Å². The molecular formula is C41H47Cl3SiTi. The summed E-state index contributed by atoms with van der Waals surface area (Å²) in [5.74, 6) is 0. The first-order valence-electron chi connectivity index (χ1n) is 16.6. The number of rotatable bonds is 14. The zero-order valence-electron chi connectivity index (χ0n) is 27.6. The summed E-state index contributed by atoms with van der Waals surface area (Å²) in [5.41, 5.74) is 7.11. The van der Waals surface area contributed by atoms with E-state index in [1.165, 1.54) is 85.8 Å². The minimum Gasteiger partial charge on any atom is -1.00 e. The topological polar surface area (TPSA) is 0 Å². The van der Waals surface area contributed by atoms with E-state index in [4.69, 9.17) is 0 Å². The van der Waals surface area contributed by atoms with Crippen LogP contribution in [0.25, 0.3) is 5.57 Å². The molecule has 0 bridgehead atoms. The second-order valence-corrected chi connectivity index (χ2v) is 16.8. The Morgan fingerprint density at radius 2 is 0.891 bits per heavy atom. The number of hydrogen-bond donors (Lipinski definition) is 0. The molecule has 5 heteroatoms. The predicted octanol–water partition coefficient (Wildman–Crippen LogP) is 0.0240. The molecule has 4 aromatic rings. The van der Waals surface area contributed by atoms with Gasteiger partial charge in [0.05, 0.1) is 0 Å². The summed E-state index contributed by atoms with van der Waals surface area (Å²) < 4.78 is 1.47. The molecule has 0 heterocycles. The summed E-state index contributed by atoms with van der Waals surface area (Å²) in [6.07, 6.45) is 14.4. The van der Waals surface area contributed by atoms with Crippen molar-refractivity contribution in [3.8, 4) is 0 Å². The van der Waals surface area contributed by atoms with Crippen LogP contribution in [0.3, 0.4) is 0 Å². The molecule has 0 amide bonds. The van der Waals surface area contributed by atoms with Gasteiger partial charge in [0.2, 0.25) is 0 Å². The van der Waals surface area contributed by atoms with Crippen molar-refractivity contribution in [3.63, 3.8) is 0 Å². The van der Waals surface area contributed by atoms with Gasteiger partial charge in [-0.15, -0.1) is 0 Å². The molecule has 0 N–H and O–H groups in total. The number of allylic oxidation sites excluding steroid dienone is 4. The maximum Gasteiger partial charge on any atom is -1.00 e. The van der Waals surface area contributed by atoms with Crippen LogP contribution in [0.2, 0.25) is 0 Å². The summed E-state index contributed by atoms with van der Waals surface area (Å²) in [6, 6.07) is 40.5. The van der Waals surface area contributed by atoms with Gasteiger partial charge < -0.3 is 37.2 Å². The van der Waals surface area contributed by atoms with Crippen LogP contribution in [0.5, 0.6) is 0 Å². The molecule has 0 spiro atoms. The minimum atomic E-state index is -2.56. The molecular weight excluding hydrogens is 675 g/mol. The zero-order chi connectivity index (χ0) is 30.1. The van der Waals surface area contributed by atoms with Crippen molar-refractivity contribution in [2.75, 3.05) is 0 Å². The van der Waals surface area contributed by atoms with Gasteiger partial charge in [0.1, 0.15) is 0 Å². The number of benzene rings is 4. The van der Waals surface area contributed by atoms with E-state index in [0.717, 1.165) is 25.7 Å². The summed E-state index contributed by atoms with van der Waals surface area (Å²) in [5, 5.41) is 6.16. The smallest absolute Gasteiger partial charge is 1.00 e. The van der Waals surface area contributed by atoms with Crippen molar-refractivity contribution < 1.29 is 57.7 Å². The van der Waals surface area contributed by atoms with E-state index in [2.05, 4.69) is 150 Å². The fourth-order valence-corrected chi connectivity index (χ4v) is 13.1. The Morgan fingerprint density at radius 3 is 1.24 bits per heavy atom. The van der Waals surface area contributed by atoms with Gasteiger partial charge in [-0.05, 0) is 0 Å². The number of halogens is 3. The Hall–Kier alpha value is -1.84. The quantitative estimate of drug-likeness (QED) is 0.128. The van der Waals surface area contributed by atoms with Crippen LogP contribution in [0.15, 0.2) is 118 Å². The Morgan fingerprint density at radius 1 is 0.522 bits per heavy atom. The van der Waals surface area contributed by atoms with Gasteiger partial charge in [-0.25, -0.2) is 0 Å². The number of unbranched alkanes of at least 4 members (excludes halogenated alkanes) is 3. The molecule has 0 unspecified atom stereocenters. The van der Waals surface area contributed by atoms with E-state index in [0.29, 0.717) is 0 Å². The van der Waals surface area contributed by atoms with Crippen LogP contribution in [0, 0.1) is 0 Å². The summed E-state index contributed by atoms with van der Waals surface area (Å²) in [6.45, 7) is 6.86. The van der Waals surface area contributed by atoms with Crippen LogP contribution >= 0.6 is 0 Å². The third-order valence-electron chi connectivity index (χ3n) is 9.24. The molecule has 0 aromatic heterocycles. The van der Waals surface area contributed by atoms with Crippen molar-refractivity contribution in [2.24, 2.45) is 0 Å². The Labute approximate surface area is 310 Å². The van der Waals surface area contributed by atoms with E-state index in [1.54, 1.807) is 5.20 Å². The molecule has 0 nitrogen and oxygen atoms in total. The predicted molar refractivity (Wildman–Crippen MR) is 186 cm³/mol. The normalized spacial score (nSPS) is 12.6. The van der Waals surface area contributed by atoms with Crippen LogP contribution in [0.1, 0.15) is 88.0 Å². The average molecular weight is 722 g/mol. The molecule has 46 heavy (non-hydrogen) atoms. The third-order valence-corrected chi connectivity index (χ3v) is 15.5. The Balaban J connectivity index is 0.00000245. The van der Waals surface area contributed by atoms with Crippen molar-refractivity contribution in [3.05, 3.63) is 141 Å². The Kier molecular flexibility index (Phi) is 17.4. The Bertz CT molecular complexity index is 1400. The first-order chi connectivity index (χ1) is 21.1. The molecule has 0 aliphatic heterocycles. The van der Waals surface area contributed by atoms with Gasteiger partial charge in [0.15, 0.2) is 0 Å². The van der Waals surface area contributed by atoms with Gasteiger partial charge in [-0.1, -0.05) is 0 Å². The maximum absolute atomic E-state index is 2.56. The average Bonchev–Trinajstić information content (AvgIpc) is 3.45. The molecule has 0 saturated carbocycles. The van der Waals surface area contributed by atoms with Gasteiger partial charge in [-0.2, -0.15) is 0 Å². The van der Waals surface area contributed by atoms with Crippen molar-refractivity contribution in [1.82, 2.24) is 0 Å². The van der Waals surface area contributed by atoms with Gasteiger partial charge in [-0.3, -0.25) is 0 Å². The van der Waals surface area contributed by atoms with E-state index >= 15 is 0 Å². The van der Waals surface area contributed by atoms with Crippen molar-refractivity contribution in [2.45, 2.75) is 85.0 Å². The molecule has 4 aromatic carbocycles. The maximum atomic E-state index is 2.50. The first kappa shape index (κ1) is 40.3. The van der Waals surface area contributed by atoms with Crippen LogP contribution in [-0.2, 0) is 39.7 Å². The van der Waals surface area contributed by atoms with Gasteiger partial charge in [0.25, 0.3) is 0 Å². The van der Waals surface area contributed by atoms with Crippen LogP contribution in [0.4, 0.5) is 0 Å². The molecule has 0 atom stereocenters. The van der Waals surface area contributed by atoms with Crippen LogP contribution < -0.4 is 52.8 Å². The van der Waals surface area contributed by atoms with Crippen molar-refractivity contribution >= 4 is 29.2 Å². The standard InChI is InChI=1S/C41H47Si.3ClH.Ti/c1-4-7-13-33-18-25-38(26-19-33)42(39-27-20-34(21-28-39)14-8-5-2,40-29-22-35(23-30-40)15-9-6-3)41-31-24-37(32-41)36-16-11-10-12-17-36;;;;/h10-12,16-30H,4-9,13-15,31H2,1-3H3;3*1H;/q;;;;+3/p-3. The van der Waals surface area contributed by atoms with E-state index in [-0.39, 0.29) is 37.2 Å². The second kappa shape index (κ2) is 19.9. The first-order valence-corrected chi connectivity index (χ1v) is 19.4. The van der Waals surface area contributed by atoms with Gasteiger partial charge in [0, 0.05) is 0 Å². The number of aryl methyl sites for hydroxylation is 3. The molecule has 1 aliphatic rings. The molecule has 5 rings (SSSR count). The van der Waals surface area contributed by atoms with E-state index < -0.39 is 8.07 Å². The van der Waals surface area contributed by atoms with Crippen molar-refractivity contribution in [1.29, 1.82) is 0 Å². The largest absolute Gasteiger partial charge is 1.00 e. The molecule has 240 valence electrons. The SMILES string of the molecule is CCCCc1ccc([Si](C2=[C]([Ti+3])C(c3ccccc3)=CC2)(c2ccc(CCCC)cc2)c2ccc(CCCC)cc2)cc1.[Cl-].[Cl-].[Cl-]. The van der Waals surface area contributed by atoms with E-state index in [1.807, 2.05) is 0 Å². The molecule has 0 saturated heterocycles. The third kappa shape index (κ3) is 8.99. The minimum absolute atomic E-state index is 0. The van der Waals surface area contributed by atoms with Gasteiger partial charge >= 0.3 is 275 Å². The summed E-state index contributed by atoms with van der Waals surface area (Å²) in [4.78, 5) is 0. The molecule has 0 radical (unpaired) electrons. The fourth-order valence-electron chi connectivity index (χ4n) is 6.72. The fraction of sp³-hybridized carbons (Fsp3) is 0.317. The zero-order valence-corrected chi connectivity index (χ0v) is 32.4. The van der Waals surface area contributed by atoms with E-state index in [9.17, 15) is 0 Å². The summed E-state index contributed by atoms with van der Waals surface area (Å²) in [7, 11) is -2.56. The monoisotopic (exact) mass is 720 g/mol. The summed E-state index contributed by atoms with van der Waals surface area (Å²) >= 11 is 2.39.